The number of carbonyl (C=O) groups is 3. The summed E-state index contributed by atoms with van der Waals surface area (Å²) in [6.07, 6.45) is 45.4. The summed E-state index contributed by atoms with van der Waals surface area (Å²) < 4.78 is 16.7. The van der Waals surface area contributed by atoms with Gasteiger partial charge in [0.25, 0.3) is 0 Å². The third-order valence-electron chi connectivity index (χ3n) is 11.7. The van der Waals surface area contributed by atoms with Gasteiger partial charge in [0, 0.05) is 19.3 Å². The molecule has 0 heterocycles. The molecule has 0 amide bonds. The lowest BCUT2D eigenvalue weighted by atomic mass is 9.99. The van der Waals surface area contributed by atoms with Crippen molar-refractivity contribution >= 4 is 17.9 Å². The van der Waals surface area contributed by atoms with Crippen LogP contribution in [0.2, 0.25) is 0 Å². The van der Waals surface area contributed by atoms with Gasteiger partial charge < -0.3 is 14.2 Å². The maximum atomic E-state index is 12.7. The van der Waals surface area contributed by atoms with Gasteiger partial charge in [0.05, 0.1) is 0 Å². The summed E-state index contributed by atoms with van der Waals surface area (Å²) in [5, 5.41) is 0. The summed E-state index contributed by atoms with van der Waals surface area (Å²) in [7, 11) is 0. The molecule has 0 saturated carbocycles. The molecule has 0 radical (unpaired) electrons. The molecule has 0 aliphatic heterocycles. The van der Waals surface area contributed by atoms with Gasteiger partial charge in [0.2, 0.25) is 0 Å². The van der Waals surface area contributed by atoms with Crippen molar-refractivity contribution in [2.75, 3.05) is 13.2 Å². The Hall–Kier alpha value is -1.59. The number of esters is 3. The fourth-order valence-corrected chi connectivity index (χ4v) is 7.48. The molecule has 0 aromatic heterocycles. The van der Waals surface area contributed by atoms with Gasteiger partial charge in [0.1, 0.15) is 13.2 Å². The van der Waals surface area contributed by atoms with Gasteiger partial charge in [-0.3, -0.25) is 14.4 Å². The van der Waals surface area contributed by atoms with E-state index in [0.717, 1.165) is 70.1 Å². The molecule has 0 spiro atoms. The Morgan fingerprint density at radius 2 is 0.625 bits per heavy atom. The molecule has 0 N–H and O–H groups in total. The molecule has 0 fully saturated rings. The Bertz CT molecular complexity index is 843. The van der Waals surface area contributed by atoms with Crippen LogP contribution in [-0.2, 0) is 28.6 Å². The highest BCUT2D eigenvalue weighted by Crippen LogP contribution is 2.17. The van der Waals surface area contributed by atoms with E-state index in [1.807, 2.05) is 0 Å². The lowest BCUT2D eigenvalue weighted by molar-refractivity contribution is -0.167. The van der Waals surface area contributed by atoms with Crippen LogP contribution >= 0.6 is 0 Å². The van der Waals surface area contributed by atoms with Gasteiger partial charge in [0.15, 0.2) is 6.10 Å². The predicted octanol–water partition coefficient (Wildman–Crippen LogP) is 15.9. The van der Waals surface area contributed by atoms with Crippen molar-refractivity contribution in [3.8, 4) is 0 Å². The van der Waals surface area contributed by atoms with Crippen LogP contribution < -0.4 is 0 Å². The zero-order valence-electron chi connectivity index (χ0n) is 38.1. The van der Waals surface area contributed by atoms with Crippen LogP contribution in [0.15, 0.2) is 0 Å². The van der Waals surface area contributed by atoms with Crippen molar-refractivity contribution in [1.29, 1.82) is 0 Å². The summed E-state index contributed by atoms with van der Waals surface area (Å²) in [5.41, 5.74) is 0. The van der Waals surface area contributed by atoms with Gasteiger partial charge in [-0.05, 0) is 25.2 Å². The van der Waals surface area contributed by atoms with Crippen molar-refractivity contribution < 1.29 is 28.6 Å². The van der Waals surface area contributed by atoms with Crippen LogP contribution in [0.3, 0.4) is 0 Å². The second-order valence-electron chi connectivity index (χ2n) is 17.3. The quantitative estimate of drug-likeness (QED) is 0.0347. The minimum Gasteiger partial charge on any atom is -0.462 e. The first-order chi connectivity index (χ1) is 27.4. The fourth-order valence-electron chi connectivity index (χ4n) is 7.48. The Balaban J connectivity index is 4.13. The van der Waals surface area contributed by atoms with Crippen LogP contribution in [0.1, 0.15) is 278 Å². The SMILES string of the molecule is CCCCCCCCCCCCCCCCCC(=O)OC[C@H](COC(=O)CCCCCCC)OC(=O)CCCCCCCCCCCCCCCCC(C)CC. The third kappa shape index (κ3) is 42.0. The number of hydrogen-bond acceptors (Lipinski definition) is 6. The Morgan fingerprint density at radius 1 is 0.357 bits per heavy atom. The van der Waals surface area contributed by atoms with Gasteiger partial charge in [-0.2, -0.15) is 0 Å². The van der Waals surface area contributed by atoms with Crippen molar-refractivity contribution in [3.63, 3.8) is 0 Å². The molecule has 0 aliphatic carbocycles. The molecule has 0 aromatic rings. The van der Waals surface area contributed by atoms with Crippen LogP contribution in [0.5, 0.6) is 0 Å². The van der Waals surface area contributed by atoms with E-state index in [4.69, 9.17) is 14.2 Å². The van der Waals surface area contributed by atoms with E-state index < -0.39 is 6.10 Å². The lowest BCUT2D eigenvalue weighted by Gasteiger charge is -2.18. The monoisotopic (exact) mass is 793 g/mol. The minimum atomic E-state index is -0.758. The smallest absolute Gasteiger partial charge is 0.306 e. The van der Waals surface area contributed by atoms with Crippen molar-refractivity contribution in [2.45, 2.75) is 284 Å². The minimum absolute atomic E-state index is 0.0640. The summed E-state index contributed by atoms with van der Waals surface area (Å²) in [6.45, 7) is 8.98. The molecule has 56 heavy (non-hydrogen) atoms. The fraction of sp³-hybridized carbons (Fsp3) is 0.940. The molecule has 332 valence electrons. The molecular weight excluding hydrogens is 697 g/mol. The lowest BCUT2D eigenvalue weighted by Crippen LogP contribution is -2.30. The van der Waals surface area contributed by atoms with Crippen LogP contribution in [0.4, 0.5) is 0 Å². The van der Waals surface area contributed by atoms with Gasteiger partial charge in [-0.1, -0.05) is 240 Å². The summed E-state index contributed by atoms with van der Waals surface area (Å²) in [5.74, 6) is 0.0330. The normalized spacial score (nSPS) is 12.4. The second-order valence-corrected chi connectivity index (χ2v) is 17.3. The molecule has 0 saturated heterocycles. The average Bonchev–Trinajstić information content (AvgIpc) is 3.19. The Morgan fingerprint density at radius 3 is 0.929 bits per heavy atom. The van der Waals surface area contributed by atoms with E-state index in [-0.39, 0.29) is 31.1 Å². The molecule has 0 bridgehead atoms. The average molecular weight is 793 g/mol. The number of hydrogen-bond donors (Lipinski definition) is 0. The number of carbonyl (C=O) groups excluding carboxylic acids is 3. The van der Waals surface area contributed by atoms with E-state index in [2.05, 4.69) is 27.7 Å². The van der Waals surface area contributed by atoms with Crippen molar-refractivity contribution in [3.05, 3.63) is 0 Å². The summed E-state index contributed by atoms with van der Waals surface area (Å²) in [4.78, 5) is 37.6. The standard InChI is InChI=1S/C50H96O6/c1-5-8-10-12-13-14-15-16-17-21-24-27-30-34-38-42-49(52)55-45-47(44-54-48(51)41-37-32-11-9-6-2)56-50(53)43-39-35-31-28-25-22-19-18-20-23-26-29-33-36-40-46(4)7-3/h46-47H,5-45H2,1-4H3/t46?,47-/m0/s1. The van der Waals surface area contributed by atoms with Crippen molar-refractivity contribution in [2.24, 2.45) is 5.92 Å². The number of ether oxygens (including phenoxy) is 3. The van der Waals surface area contributed by atoms with Crippen LogP contribution in [0, 0.1) is 5.92 Å². The van der Waals surface area contributed by atoms with Gasteiger partial charge >= 0.3 is 17.9 Å². The molecule has 1 unspecified atom stereocenters. The highest BCUT2D eigenvalue weighted by molar-refractivity contribution is 5.71. The Kier molecular flexibility index (Phi) is 43.2. The largest absolute Gasteiger partial charge is 0.462 e. The molecular formula is C50H96O6. The van der Waals surface area contributed by atoms with E-state index in [1.54, 1.807) is 0 Å². The first-order valence-electron chi connectivity index (χ1n) is 24.9. The maximum absolute atomic E-state index is 12.7. The van der Waals surface area contributed by atoms with E-state index >= 15 is 0 Å². The topological polar surface area (TPSA) is 78.9 Å². The molecule has 6 heteroatoms. The summed E-state index contributed by atoms with van der Waals surface area (Å²) in [6, 6.07) is 0. The summed E-state index contributed by atoms with van der Waals surface area (Å²) >= 11 is 0. The number of unbranched alkanes of at least 4 members (excludes halogenated alkanes) is 31. The zero-order chi connectivity index (χ0) is 41.0. The predicted molar refractivity (Wildman–Crippen MR) is 238 cm³/mol. The van der Waals surface area contributed by atoms with E-state index in [9.17, 15) is 14.4 Å². The first kappa shape index (κ1) is 54.4. The van der Waals surface area contributed by atoms with Crippen molar-refractivity contribution in [1.82, 2.24) is 0 Å². The molecule has 2 atom stereocenters. The van der Waals surface area contributed by atoms with Crippen LogP contribution in [-0.4, -0.2) is 37.2 Å². The van der Waals surface area contributed by atoms with E-state index in [1.165, 1.54) is 167 Å². The zero-order valence-corrected chi connectivity index (χ0v) is 38.1. The van der Waals surface area contributed by atoms with E-state index in [0.29, 0.717) is 19.3 Å². The maximum Gasteiger partial charge on any atom is 0.306 e. The Labute approximate surface area is 348 Å². The highest BCUT2D eigenvalue weighted by atomic mass is 16.6. The third-order valence-corrected chi connectivity index (χ3v) is 11.7. The molecule has 0 aliphatic rings. The number of rotatable bonds is 45. The van der Waals surface area contributed by atoms with Gasteiger partial charge in [-0.25, -0.2) is 0 Å². The van der Waals surface area contributed by atoms with Crippen LogP contribution in [0.25, 0.3) is 0 Å². The molecule has 0 rings (SSSR count). The highest BCUT2D eigenvalue weighted by Gasteiger charge is 2.19. The molecule has 0 aromatic carbocycles. The molecule has 6 nitrogen and oxygen atoms in total. The second kappa shape index (κ2) is 44.5. The van der Waals surface area contributed by atoms with Gasteiger partial charge in [-0.15, -0.1) is 0 Å². The first-order valence-corrected chi connectivity index (χ1v) is 24.9.